The SMILES string of the molecule is C=C(C)c1ccccc1.CC(C[Si](C)(C)O[Si](C)(C)C)c1ccccc1.C[SiH](C)O[Si](C)(C)C. The highest BCUT2D eigenvalue weighted by atomic mass is 28.4. The Kier molecular flexibility index (Phi) is 14.7. The van der Waals surface area contributed by atoms with Crippen LogP contribution in [0.2, 0.25) is 71.5 Å². The Balaban J connectivity index is 0.000000538. The fourth-order valence-electron chi connectivity index (χ4n) is 3.94. The first-order chi connectivity index (χ1) is 15.4. The van der Waals surface area contributed by atoms with Gasteiger partial charge in [-0.3, -0.25) is 0 Å². The van der Waals surface area contributed by atoms with Crippen molar-refractivity contribution in [2.75, 3.05) is 0 Å². The molecule has 6 heteroatoms. The van der Waals surface area contributed by atoms with Crippen LogP contribution in [-0.2, 0) is 8.23 Å². The fourth-order valence-corrected chi connectivity index (χ4v) is 18.3. The molecular formula is C28H52O2Si4. The molecule has 0 bridgehead atoms. The highest BCUT2D eigenvalue weighted by Gasteiger charge is 2.31. The molecule has 0 aliphatic heterocycles. The van der Waals surface area contributed by atoms with Gasteiger partial charge in [0.2, 0.25) is 0 Å². The normalized spacial score (nSPS) is 12.7. The molecule has 0 N–H and O–H groups in total. The minimum atomic E-state index is -1.52. The molecule has 0 radical (unpaired) electrons. The third kappa shape index (κ3) is 18.3. The average molecular weight is 533 g/mol. The summed E-state index contributed by atoms with van der Waals surface area (Å²) in [7, 11) is -4.81. The van der Waals surface area contributed by atoms with Gasteiger partial charge in [-0.1, -0.05) is 79.7 Å². The average Bonchev–Trinajstić information content (AvgIpc) is 2.66. The van der Waals surface area contributed by atoms with E-state index in [1.807, 2.05) is 25.1 Å². The van der Waals surface area contributed by atoms with E-state index in [-0.39, 0.29) is 0 Å². The van der Waals surface area contributed by atoms with Crippen LogP contribution in [-0.4, -0.2) is 34.0 Å². The van der Waals surface area contributed by atoms with E-state index in [0.29, 0.717) is 5.92 Å². The van der Waals surface area contributed by atoms with Crippen LogP contribution >= 0.6 is 0 Å². The first kappa shape index (κ1) is 33.0. The zero-order valence-electron chi connectivity index (χ0n) is 24.2. The summed E-state index contributed by atoms with van der Waals surface area (Å²) in [6.07, 6.45) is 0. The molecule has 0 heterocycles. The summed E-state index contributed by atoms with van der Waals surface area (Å²) in [5.74, 6) is 0.606. The summed E-state index contributed by atoms with van der Waals surface area (Å²) >= 11 is 0. The number of allylic oxidation sites excluding steroid dienone is 1. The van der Waals surface area contributed by atoms with Gasteiger partial charge in [-0.05, 0) is 95.5 Å². The number of rotatable bonds is 8. The maximum absolute atomic E-state index is 6.40. The number of hydrogen-bond acceptors (Lipinski definition) is 2. The molecule has 2 rings (SSSR count). The van der Waals surface area contributed by atoms with Gasteiger partial charge in [0.15, 0.2) is 34.0 Å². The Labute approximate surface area is 216 Å². The third-order valence-corrected chi connectivity index (χ3v) is 15.6. The van der Waals surface area contributed by atoms with Crippen molar-refractivity contribution in [2.45, 2.75) is 91.3 Å². The number of hydrogen-bond donors (Lipinski definition) is 0. The minimum Gasteiger partial charge on any atom is -0.458 e. The second-order valence-corrected chi connectivity index (χ2v) is 28.1. The molecule has 34 heavy (non-hydrogen) atoms. The maximum Gasteiger partial charge on any atom is 0.174 e. The van der Waals surface area contributed by atoms with Crippen LogP contribution in [0.4, 0.5) is 0 Å². The Morgan fingerprint density at radius 2 is 1.24 bits per heavy atom. The smallest absolute Gasteiger partial charge is 0.174 e. The summed E-state index contributed by atoms with van der Waals surface area (Å²) in [4.78, 5) is 0. The van der Waals surface area contributed by atoms with Crippen molar-refractivity contribution in [1.82, 2.24) is 0 Å². The molecule has 1 unspecified atom stereocenters. The first-order valence-corrected chi connectivity index (χ1v) is 25.3. The summed E-state index contributed by atoms with van der Waals surface area (Å²) in [6, 6.07) is 22.1. The zero-order valence-corrected chi connectivity index (χ0v) is 28.3. The van der Waals surface area contributed by atoms with E-state index < -0.39 is 34.0 Å². The molecule has 0 spiro atoms. The van der Waals surface area contributed by atoms with Crippen molar-refractivity contribution < 1.29 is 8.23 Å². The van der Waals surface area contributed by atoms with Crippen LogP contribution in [0.25, 0.3) is 5.57 Å². The van der Waals surface area contributed by atoms with Gasteiger partial charge in [0, 0.05) is 0 Å². The van der Waals surface area contributed by atoms with E-state index in [2.05, 4.69) is 121 Å². The molecule has 0 saturated heterocycles. The predicted molar refractivity (Wildman–Crippen MR) is 166 cm³/mol. The topological polar surface area (TPSA) is 18.5 Å². The van der Waals surface area contributed by atoms with Gasteiger partial charge in [-0.15, -0.1) is 0 Å². The highest BCUT2D eigenvalue weighted by molar-refractivity contribution is 6.84. The van der Waals surface area contributed by atoms with Crippen LogP contribution < -0.4 is 0 Å². The van der Waals surface area contributed by atoms with Crippen molar-refractivity contribution in [3.8, 4) is 0 Å². The molecule has 0 amide bonds. The van der Waals surface area contributed by atoms with Crippen LogP contribution in [0.1, 0.15) is 30.9 Å². The van der Waals surface area contributed by atoms with Gasteiger partial charge in [0.25, 0.3) is 0 Å². The van der Waals surface area contributed by atoms with Crippen molar-refractivity contribution >= 4 is 39.6 Å². The van der Waals surface area contributed by atoms with Crippen molar-refractivity contribution in [3.05, 3.63) is 78.4 Å². The van der Waals surface area contributed by atoms with E-state index >= 15 is 0 Å². The molecule has 0 aliphatic rings. The van der Waals surface area contributed by atoms with E-state index in [1.165, 1.54) is 17.2 Å². The lowest BCUT2D eigenvalue weighted by Crippen LogP contribution is -2.42. The van der Waals surface area contributed by atoms with Gasteiger partial charge in [-0.2, -0.15) is 0 Å². The molecule has 0 aromatic heterocycles. The van der Waals surface area contributed by atoms with Gasteiger partial charge < -0.3 is 8.23 Å². The molecular weight excluding hydrogens is 481 g/mol. The van der Waals surface area contributed by atoms with Crippen LogP contribution in [0.15, 0.2) is 67.2 Å². The van der Waals surface area contributed by atoms with Gasteiger partial charge in [0.05, 0.1) is 0 Å². The summed E-state index contributed by atoms with van der Waals surface area (Å²) < 4.78 is 12.1. The Bertz CT molecular complexity index is 808. The largest absolute Gasteiger partial charge is 0.458 e. The third-order valence-electron chi connectivity index (χ3n) is 4.60. The molecule has 0 aliphatic carbocycles. The maximum atomic E-state index is 6.40. The van der Waals surface area contributed by atoms with Crippen LogP contribution in [0.5, 0.6) is 0 Å². The summed E-state index contributed by atoms with van der Waals surface area (Å²) in [5.41, 5.74) is 3.78. The lowest BCUT2D eigenvalue weighted by Gasteiger charge is -2.33. The Hall–Kier alpha value is -1.03. The van der Waals surface area contributed by atoms with Crippen molar-refractivity contribution in [1.29, 1.82) is 0 Å². The van der Waals surface area contributed by atoms with E-state index in [0.717, 1.165) is 5.57 Å². The Morgan fingerprint density at radius 3 is 1.53 bits per heavy atom. The van der Waals surface area contributed by atoms with Gasteiger partial charge >= 0.3 is 0 Å². The molecule has 1 atom stereocenters. The van der Waals surface area contributed by atoms with E-state index in [1.54, 1.807) is 0 Å². The van der Waals surface area contributed by atoms with E-state index in [9.17, 15) is 0 Å². The van der Waals surface area contributed by atoms with Crippen LogP contribution in [0.3, 0.4) is 0 Å². The molecule has 0 fully saturated rings. The monoisotopic (exact) mass is 532 g/mol. The lowest BCUT2D eigenvalue weighted by atomic mass is 10.0. The standard InChI is InChI=1S/C14H26OSi2.C9H10.C5H16OSi2/c1-13(14-10-8-7-9-11-14)12-17(5,6)15-16(2,3)4;1-8(2)9-6-4-3-5-7-9;1-7(2)6-8(3,4)5/h7-11,13H,12H2,1-6H3;3-7H,1H2,2H3;7H,1-5H3. The lowest BCUT2D eigenvalue weighted by molar-refractivity contribution is 0.539. The quantitative estimate of drug-likeness (QED) is 0.315. The minimum absolute atomic E-state index is 0.606. The number of benzene rings is 2. The zero-order chi connectivity index (χ0) is 26.6. The van der Waals surface area contributed by atoms with Gasteiger partial charge in [0.1, 0.15) is 0 Å². The Morgan fingerprint density at radius 1 is 0.794 bits per heavy atom. The second kappa shape index (κ2) is 15.2. The van der Waals surface area contributed by atoms with Crippen molar-refractivity contribution in [2.24, 2.45) is 0 Å². The highest BCUT2D eigenvalue weighted by Crippen LogP contribution is 2.28. The predicted octanol–water partition coefficient (Wildman–Crippen LogP) is 9.39. The van der Waals surface area contributed by atoms with Crippen molar-refractivity contribution in [3.63, 3.8) is 0 Å². The molecule has 0 saturated carbocycles. The molecule has 2 aromatic carbocycles. The molecule has 2 aromatic rings. The summed E-state index contributed by atoms with van der Waals surface area (Å²) in [5, 5.41) is 0. The van der Waals surface area contributed by atoms with E-state index in [4.69, 9.17) is 8.23 Å². The molecule has 2 nitrogen and oxygen atoms in total. The van der Waals surface area contributed by atoms with Gasteiger partial charge in [-0.25, -0.2) is 0 Å². The first-order valence-electron chi connectivity index (χ1n) is 12.6. The fraction of sp³-hybridized carbons (Fsp3) is 0.500. The summed E-state index contributed by atoms with van der Waals surface area (Å²) in [6.45, 7) is 30.9. The van der Waals surface area contributed by atoms with Crippen LogP contribution in [0, 0.1) is 0 Å². The molecule has 192 valence electrons. The second-order valence-electron chi connectivity index (χ2n) is 11.9.